The number of amides is 1. The Labute approximate surface area is 160 Å². The number of para-hydroxylation sites is 1. The van der Waals surface area contributed by atoms with Gasteiger partial charge >= 0.3 is 0 Å². The van der Waals surface area contributed by atoms with Crippen LogP contribution in [0.5, 0.6) is 11.5 Å². The van der Waals surface area contributed by atoms with Gasteiger partial charge in [0.2, 0.25) is 0 Å². The number of ether oxygens (including phenoxy) is 3. The summed E-state index contributed by atoms with van der Waals surface area (Å²) in [6.07, 6.45) is 1.74. The molecule has 0 aromatic heterocycles. The fourth-order valence-electron chi connectivity index (χ4n) is 3.06. The Morgan fingerprint density at radius 2 is 1.89 bits per heavy atom. The molecule has 5 heteroatoms. The lowest BCUT2D eigenvalue weighted by Crippen LogP contribution is -2.30. The van der Waals surface area contributed by atoms with E-state index >= 15 is 0 Å². The number of aryl methyl sites for hydroxylation is 2. The molecule has 1 heterocycles. The molecule has 2 aromatic rings. The number of hydrogen-bond acceptors (Lipinski definition) is 4. The lowest BCUT2D eigenvalue weighted by Gasteiger charge is -2.18. The molecule has 27 heavy (non-hydrogen) atoms. The van der Waals surface area contributed by atoms with Crippen molar-refractivity contribution in [1.82, 2.24) is 0 Å². The molecule has 1 amide bonds. The molecule has 0 aliphatic carbocycles. The molecule has 1 N–H and O–H groups in total. The first-order valence-electron chi connectivity index (χ1n) is 9.41. The summed E-state index contributed by atoms with van der Waals surface area (Å²) < 4.78 is 17.2. The van der Waals surface area contributed by atoms with E-state index in [-0.39, 0.29) is 12.0 Å². The number of rotatable bonds is 7. The first-order chi connectivity index (χ1) is 13.0. The first kappa shape index (κ1) is 19.2. The molecule has 0 bridgehead atoms. The van der Waals surface area contributed by atoms with Crippen molar-refractivity contribution in [2.45, 2.75) is 45.8 Å². The molecule has 1 aliphatic rings. The number of benzene rings is 2. The molecule has 2 aromatic carbocycles. The predicted molar refractivity (Wildman–Crippen MR) is 106 cm³/mol. The summed E-state index contributed by atoms with van der Waals surface area (Å²) in [6.45, 7) is 7.08. The Morgan fingerprint density at radius 1 is 1.19 bits per heavy atom. The highest BCUT2D eigenvalue weighted by atomic mass is 16.5. The van der Waals surface area contributed by atoms with Crippen molar-refractivity contribution in [3.8, 4) is 11.5 Å². The molecule has 0 radical (unpaired) electrons. The number of anilines is 1. The smallest absolute Gasteiger partial charge is 0.265 e. The van der Waals surface area contributed by atoms with Crippen LogP contribution in [-0.2, 0) is 9.53 Å². The highest BCUT2D eigenvalue weighted by Crippen LogP contribution is 2.24. The van der Waals surface area contributed by atoms with E-state index < -0.39 is 6.10 Å². The number of nitrogens with one attached hydrogen (secondary N) is 1. The molecule has 1 aliphatic heterocycles. The minimum atomic E-state index is -0.597. The molecule has 0 saturated carbocycles. The second-order valence-corrected chi connectivity index (χ2v) is 6.94. The zero-order valence-electron chi connectivity index (χ0n) is 16.2. The average Bonchev–Trinajstić information content (AvgIpc) is 3.17. The average molecular weight is 369 g/mol. The van der Waals surface area contributed by atoms with Gasteiger partial charge in [0, 0.05) is 12.3 Å². The van der Waals surface area contributed by atoms with Gasteiger partial charge in [-0.15, -0.1) is 0 Å². The van der Waals surface area contributed by atoms with Crippen molar-refractivity contribution in [3.63, 3.8) is 0 Å². The van der Waals surface area contributed by atoms with Gasteiger partial charge in [-0.2, -0.15) is 0 Å². The summed E-state index contributed by atoms with van der Waals surface area (Å²) >= 11 is 0. The number of carbonyl (C=O) groups is 1. The van der Waals surface area contributed by atoms with Crippen LogP contribution in [0, 0.1) is 13.8 Å². The third-order valence-electron chi connectivity index (χ3n) is 4.65. The minimum Gasteiger partial charge on any atom is -0.491 e. The van der Waals surface area contributed by atoms with Gasteiger partial charge in [-0.25, -0.2) is 0 Å². The Hall–Kier alpha value is -2.53. The van der Waals surface area contributed by atoms with Gasteiger partial charge in [-0.05, 0) is 69.0 Å². The highest BCUT2D eigenvalue weighted by molar-refractivity contribution is 5.94. The largest absolute Gasteiger partial charge is 0.491 e. The zero-order valence-corrected chi connectivity index (χ0v) is 16.2. The maximum Gasteiger partial charge on any atom is 0.265 e. The molecule has 2 atom stereocenters. The first-order valence-corrected chi connectivity index (χ1v) is 9.41. The van der Waals surface area contributed by atoms with E-state index in [9.17, 15) is 4.79 Å². The van der Waals surface area contributed by atoms with Gasteiger partial charge in [-0.3, -0.25) is 4.79 Å². The Morgan fingerprint density at radius 3 is 2.52 bits per heavy atom. The van der Waals surface area contributed by atoms with Crippen molar-refractivity contribution in [2.24, 2.45) is 0 Å². The number of carbonyl (C=O) groups excluding carboxylic acids is 1. The van der Waals surface area contributed by atoms with E-state index in [1.165, 1.54) is 0 Å². The standard InChI is InChI=1S/C22H27NO4/c1-15-6-4-7-16(2)21(15)27-17(3)22(24)23-18-9-11-19(12-10-18)26-14-20-8-5-13-25-20/h4,6-7,9-12,17,20H,5,8,13-14H2,1-3H3,(H,23,24). The van der Waals surface area contributed by atoms with Crippen LogP contribution in [0.4, 0.5) is 5.69 Å². The third kappa shape index (κ3) is 5.23. The summed E-state index contributed by atoms with van der Waals surface area (Å²) in [5.41, 5.74) is 2.74. The summed E-state index contributed by atoms with van der Waals surface area (Å²) in [4.78, 5) is 12.4. The molecule has 5 nitrogen and oxygen atoms in total. The maximum absolute atomic E-state index is 12.4. The Kier molecular flexibility index (Phi) is 6.35. The van der Waals surface area contributed by atoms with Crippen molar-refractivity contribution >= 4 is 11.6 Å². The summed E-state index contributed by atoms with van der Waals surface area (Å²) in [5.74, 6) is 1.34. The van der Waals surface area contributed by atoms with Crippen LogP contribution in [0.1, 0.15) is 30.9 Å². The molecule has 0 spiro atoms. The fraction of sp³-hybridized carbons (Fsp3) is 0.409. The Bertz CT molecular complexity index is 746. The van der Waals surface area contributed by atoms with E-state index in [2.05, 4.69) is 5.32 Å². The van der Waals surface area contributed by atoms with Crippen LogP contribution in [-0.4, -0.2) is 31.3 Å². The van der Waals surface area contributed by atoms with Crippen molar-refractivity contribution < 1.29 is 19.0 Å². The van der Waals surface area contributed by atoms with Crippen molar-refractivity contribution in [3.05, 3.63) is 53.6 Å². The van der Waals surface area contributed by atoms with Crippen LogP contribution >= 0.6 is 0 Å². The van der Waals surface area contributed by atoms with E-state index in [1.54, 1.807) is 6.92 Å². The van der Waals surface area contributed by atoms with Crippen LogP contribution in [0.25, 0.3) is 0 Å². The van der Waals surface area contributed by atoms with Gasteiger partial charge in [0.05, 0.1) is 6.10 Å². The quantitative estimate of drug-likeness (QED) is 0.792. The highest BCUT2D eigenvalue weighted by Gasteiger charge is 2.18. The van der Waals surface area contributed by atoms with Gasteiger partial charge in [0.15, 0.2) is 6.10 Å². The lowest BCUT2D eigenvalue weighted by atomic mass is 10.1. The predicted octanol–water partition coefficient (Wildman–Crippen LogP) is 4.27. The van der Waals surface area contributed by atoms with Gasteiger partial charge in [0.1, 0.15) is 18.1 Å². The molecular weight excluding hydrogens is 342 g/mol. The topological polar surface area (TPSA) is 56.8 Å². The minimum absolute atomic E-state index is 0.187. The zero-order chi connectivity index (χ0) is 19.2. The third-order valence-corrected chi connectivity index (χ3v) is 4.65. The van der Waals surface area contributed by atoms with Gasteiger partial charge < -0.3 is 19.5 Å². The SMILES string of the molecule is Cc1cccc(C)c1OC(C)C(=O)Nc1ccc(OCC2CCCO2)cc1. The second-order valence-electron chi connectivity index (χ2n) is 6.94. The van der Waals surface area contributed by atoms with E-state index in [1.807, 2.05) is 56.3 Å². The normalized spacial score (nSPS) is 17.4. The molecule has 3 rings (SSSR count). The Balaban J connectivity index is 1.52. The summed E-state index contributed by atoms with van der Waals surface area (Å²) in [6, 6.07) is 13.3. The van der Waals surface area contributed by atoms with Crippen molar-refractivity contribution in [1.29, 1.82) is 0 Å². The lowest BCUT2D eigenvalue weighted by molar-refractivity contribution is -0.122. The van der Waals surface area contributed by atoms with Crippen LogP contribution in [0.2, 0.25) is 0 Å². The molecule has 2 unspecified atom stereocenters. The van der Waals surface area contributed by atoms with E-state index in [4.69, 9.17) is 14.2 Å². The van der Waals surface area contributed by atoms with Crippen LogP contribution in [0.3, 0.4) is 0 Å². The van der Waals surface area contributed by atoms with Gasteiger partial charge in [0.25, 0.3) is 5.91 Å². The molecular formula is C22H27NO4. The number of hydrogen-bond donors (Lipinski definition) is 1. The second kappa shape index (κ2) is 8.91. The summed E-state index contributed by atoms with van der Waals surface area (Å²) in [5, 5.41) is 2.88. The van der Waals surface area contributed by atoms with E-state index in [0.717, 1.165) is 42.1 Å². The molecule has 144 valence electrons. The molecule has 1 saturated heterocycles. The summed E-state index contributed by atoms with van der Waals surface area (Å²) in [7, 11) is 0. The van der Waals surface area contributed by atoms with Crippen LogP contribution in [0.15, 0.2) is 42.5 Å². The van der Waals surface area contributed by atoms with E-state index in [0.29, 0.717) is 12.3 Å². The maximum atomic E-state index is 12.4. The van der Waals surface area contributed by atoms with Gasteiger partial charge in [-0.1, -0.05) is 18.2 Å². The van der Waals surface area contributed by atoms with Crippen molar-refractivity contribution in [2.75, 3.05) is 18.5 Å². The fourth-order valence-corrected chi connectivity index (χ4v) is 3.06. The monoisotopic (exact) mass is 369 g/mol. The van der Waals surface area contributed by atoms with Crippen LogP contribution < -0.4 is 14.8 Å². The molecule has 1 fully saturated rings.